The summed E-state index contributed by atoms with van der Waals surface area (Å²) in [5.74, 6) is -0.375. The number of imide groups is 1. The maximum Gasteiger partial charge on any atom is 0.417 e. The summed E-state index contributed by atoms with van der Waals surface area (Å²) in [5.41, 5.74) is 5.61. The molecule has 0 atom stereocenters. The van der Waals surface area contributed by atoms with Crippen LogP contribution < -0.4 is 5.73 Å². The van der Waals surface area contributed by atoms with Crippen LogP contribution in [-0.2, 0) is 11.2 Å². The number of hydrogen-bond acceptors (Lipinski definition) is 6. The zero-order chi connectivity index (χ0) is 13.5. The molecule has 98 valence electrons. The number of aromatic nitrogens is 1. The number of rotatable bonds is 0. The number of nitrogens with zero attached hydrogens (tertiary/aromatic N) is 2. The topological polar surface area (TPSA) is 85.5 Å². The fraction of sp³-hybridized carbons (Fsp3) is 0.545. The summed E-state index contributed by atoms with van der Waals surface area (Å²) in [6, 6.07) is 0. The summed E-state index contributed by atoms with van der Waals surface area (Å²) in [6.45, 7) is 5.56. The van der Waals surface area contributed by atoms with Crippen LogP contribution in [0.4, 0.5) is 9.93 Å². The fourth-order valence-electron chi connectivity index (χ4n) is 1.64. The predicted molar refractivity (Wildman–Crippen MR) is 67.5 cm³/mol. The van der Waals surface area contributed by atoms with Gasteiger partial charge in [-0.3, -0.25) is 4.79 Å². The van der Waals surface area contributed by atoms with Gasteiger partial charge in [0, 0.05) is 13.0 Å². The van der Waals surface area contributed by atoms with Crippen molar-refractivity contribution in [3.05, 3.63) is 10.6 Å². The number of hydrogen-bond donors (Lipinski definition) is 1. The molecule has 2 rings (SSSR count). The first kappa shape index (κ1) is 12.8. The number of ether oxygens (including phenoxy) is 1. The van der Waals surface area contributed by atoms with Crippen LogP contribution in [0, 0.1) is 0 Å². The summed E-state index contributed by atoms with van der Waals surface area (Å²) in [4.78, 5) is 29.6. The summed E-state index contributed by atoms with van der Waals surface area (Å²) in [7, 11) is 0. The van der Waals surface area contributed by atoms with Gasteiger partial charge in [-0.1, -0.05) is 11.3 Å². The van der Waals surface area contributed by atoms with E-state index in [0.29, 0.717) is 22.1 Å². The van der Waals surface area contributed by atoms with Gasteiger partial charge >= 0.3 is 6.09 Å². The van der Waals surface area contributed by atoms with Crippen molar-refractivity contribution >= 4 is 28.5 Å². The number of anilines is 1. The van der Waals surface area contributed by atoms with Gasteiger partial charge in [0.05, 0.1) is 5.69 Å². The molecule has 2 amide bonds. The van der Waals surface area contributed by atoms with Gasteiger partial charge in [-0.2, -0.15) is 0 Å². The zero-order valence-corrected chi connectivity index (χ0v) is 11.3. The van der Waals surface area contributed by atoms with E-state index in [1.807, 2.05) is 0 Å². The lowest BCUT2D eigenvalue weighted by molar-refractivity contribution is 0.0235. The molecule has 2 heterocycles. The molecule has 1 aliphatic rings. The molecule has 1 aromatic rings. The molecule has 0 spiro atoms. The van der Waals surface area contributed by atoms with E-state index < -0.39 is 11.7 Å². The fourth-order valence-corrected chi connectivity index (χ4v) is 2.47. The first-order valence-electron chi connectivity index (χ1n) is 5.58. The third-order valence-corrected chi connectivity index (χ3v) is 3.25. The second kappa shape index (κ2) is 4.24. The monoisotopic (exact) mass is 269 g/mol. The third-order valence-electron chi connectivity index (χ3n) is 2.34. The number of thiazole rings is 1. The summed E-state index contributed by atoms with van der Waals surface area (Å²) < 4.78 is 5.19. The van der Waals surface area contributed by atoms with Gasteiger partial charge in [0.15, 0.2) is 5.13 Å². The molecule has 1 aromatic heterocycles. The molecular weight excluding hydrogens is 254 g/mol. The molecular formula is C11H15N3O3S. The van der Waals surface area contributed by atoms with Gasteiger partial charge in [0.25, 0.3) is 5.91 Å². The minimum absolute atomic E-state index is 0.282. The van der Waals surface area contributed by atoms with Crippen molar-refractivity contribution in [1.82, 2.24) is 9.88 Å². The van der Waals surface area contributed by atoms with Crippen LogP contribution in [0.25, 0.3) is 0 Å². The highest BCUT2D eigenvalue weighted by Gasteiger charge is 2.34. The molecule has 0 radical (unpaired) electrons. The van der Waals surface area contributed by atoms with E-state index in [9.17, 15) is 9.59 Å². The van der Waals surface area contributed by atoms with Gasteiger partial charge in [-0.15, -0.1) is 0 Å². The number of nitrogens with two attached hydrogens (primary N) is 1. The maximum atomic E-state index is 12.1. The molecule has 0 fully saturated rings. The van der Waals surface area contributed by atoms with Crippen LogP contribution in [0.3, 0.4) is 0 Å². The standard InChI is InChI=1S/C11H15N3O3S/c1-11(2,3)17-10(16)14-5-4-6-7(8(14)15)18-9(12)13-6/h4-5H2,1-3H3,(H2,12,13). The molecule has 7 heteroatoms. The first-order valence-corrected chi connectivity index (χ1v) is 6.39. The van der Waals surface area contributed by atoms with Crippen molar-refractivity contribution < 1.29 is 14.3 Å². The van der Waals surface area contributed by atoms with Crippen LogP contribution in [0.15, 0.2) is 0 Å². The smallest absolute Gasteiger partial charge is 0.417 e. The van der Waals surface area contributed by atoms with Gasteiger partial charge in [-0.05, 0) is 20.8 Å². The molecule has 6 nitrogen and oxygen atoms in total. The molecule has 0 saturated carbocycles. The number of carbonyl (C=O) groups excluding carboxylic acids is 2. The number of amides is 2. The molecule has 2 N–H and O–H groups in total. The lowest BCUT2D eigenvalue weighted by Crippen LogP contribution is -2.44. The molecule has 0 unspecified atom stereocenters. The van der Waals surface area contributed by atoms with Crippen molar-refractivity contribution in [3.63, 3.8) is 0 Å². The Hall–Kier alpha value is -1.63. The van der Waals surface area contributed by atoms with E-state index >= 15 is 0 Å². The predicted octanol–water partition coefficient (Wildman–Crippen LogP) is 1.66. The molecule has 18 heavy (non-hydrogen) atoms. The number of carbonyl (C=O) groups is 2. The Kier molecular flexibility index (Phi) is 3.02. The Morgan fingerprint density at radius 1 is 1.50 bits per heavy atom. The van der Waals surface area contributed by atoms with Crippen molar-refractivity contribution in [2.24, 2.45) is 0 Å². The van der Waals surface area contributed by atoms with Crippen LogP contribution in [0.1, 0.15) is 36.1 Å². The average molecular weight is 269 g/mol. The first-order chi connectivity index (χ1) is 8.28. The van der Waals surface area contributed by atoms with Gasteiger partial charge < -0.3 is 10.5 Å². The summed E-state index contributed by atoms with van der Waals surface area (Å²) >= 11 is 1.11. The number of nitrogen functional groups attached to an aromatic ring is 1. The molecule has 0 saturated heterocycles. The van der Waals surface area contributed by atoms with Crippen molar-refractivity contribution in [3.8, 4) is 0 Å². The normalized spacial score (nSPS) is 15.5. The van der Waals surface area contributed by atoms with Gasteiger partial charge in [-0.25, -0.2) is 14.7 Å². The molecule has 0 aliphatic carbocycles. The summed E-state index contributed by atoms with van der Waals surface area (Å²) in [5, 5.41) is 0.347. The van der Waals surface area contributed by atoms with Crippen LogP contribution >= 0.6 is 11.3 Å². The Labute approximate surface area is 109 Å². The average Bonchev–Trinajstić information content (AvgIpc) is 2.57. The number of fused-ring (bicyclic) bond motifs is 1. The van der Waals surface area contributed by atoms with Gasteiger partial charge in [0.2, 0.25) is 0 Å². The van der Waals surface area contributed by atoms with Gasteiger partial charge in [0.1, 0.15) is 10.5 Å². The van der Waals surface area contributed by atoms with E-state index in [0.717, 1.165) is 16.2 Å². The third kappa shape index (κ3) is 2.45. The SMILES string of the molecule is CC(C)(C)OC(=O)N1CCc2nc(N)sc2C1=O. The Morgan fingerprint density at radius 3 is 2.78 bits per heavy atom. The highest BCUT2D eigenvalue weighted by atomic mass is 32.1. The zero-order valence-electron chi connectivity index (χ0n) is 10.5. The lowest BCUT2D eigenvalue weighted by Gasteiger charge is -2.27. The van der Waals surface area contributed by atoms with Crippen molar-refractivity contribution in [1.29, 1.82) is 0 Å². The minimum Gasteiger partial charge on any atom is -0.443 e. The van der Waals surface area contributed by atoms with Crippen molar-refractivity contribution in [2.45, 2.75) is 32.8 Å². The van der Waals surface area contributed by atoms with Crippen LogP contribution in [0.2, 0.25) is 0 Å². The molecule has 0 aromatic carbocycles. The Bertz CT molecular complexity index is 504. The minimum atomic E-state index is -0.621. The van der Waals surface area contributed by atoms with Crippen molar-refractivity contribution in [2.75, 3.05) is 12.3 Å². The van der Waals surface area contributed by atoms with E-state index in [1.165, 1.54) is 0 Å². The second-order valence-corrected chi connectivity index (χ2v) is 6.05. The highest BCUT2D eigenvalue weighted by molar-refractivity contribution is 7.17. The summed E-state index contributed by atoms with van der Waals surface area (Å²) in [6.07, 6.45) is -0.0984. The highest BCUT2D eigenvalue weighted by Crippen LogP contribution is 2.27. The second-order valence-electron chi connectivity index (χ2n) is 5.02. The van der Waals surface area contributed by atoms with E-state index in [1.54, 1.807) is 20.8 Å². The lowest BCUT2D eigenvalue weighted by atomic mass is 10.1. The van der Waals surface area contributed by atoms with E-state index in [4.69, 9.17) is 10.5 Å². The van der Waals surface area contributed by atoms with E-state index in [-0.39, 0.29) is 12.5 Å². The maximum absolute atomic E-state index is 12.1. The van der Waals surface area contributed by atoms with E-state index in [2.05, 4.69) is 4.98 Å². The Balaban J connectivity index is 2.19. The quantitative estimate of drug-likeness (QED) is 0.774. The largest absolute Gasteiger partial charge is 0.443 e. The Morgan fingerprint density at radius 2 is 2.17 bits per heavy atom. The van der Waals surface area contributed by atoms with Crippen LogP contribution in [0.5, 0.6) is 0 Å². The molecule has 0 bridgehead atoms. The van der Waals surface area contributed by atoms with Crippen LogP contribution in [-0.4, -0.2) is 34.0 Å². The molecule has 1 aliphatic heterocycles.